The molecule has 0 spiro atoms. The number of imidazole rings is 1. The van der Waals surface area contributed by atoms with Crippen molar-refractivity contribution in [3.8, 4) is 17.1 Å². The Morgan fingerprint density at radius 3 is 2.56 bits per heavy atom. The van der Waals surface area contributed by atoms with Crippen LogP contribution in [0.1, 0.15) is 5.69 Å². The molecule has 0 fully saturated rings. The predicted molar refractivity (Wildman–Crippen MR) is 71.9 cm³/mol. The first-order chi connectivity index (χ1) is 8.79. The van der Waals surface area contributed by atoms with Crippen LogP contribution in [-0.4, -0.2) is 16.5 Å². The van der Waals surface area contributed by atoms with E-state index >= 15 is 0 Å². The average molecular weight is 238 g/mol. The third-order valence-electron chi connectivity index (χ3n) is 3.09. The summed E-state index contributed by atoms with van der Waals surface area (Å²) in [5.41, 5.74) is 3.38. The fourth-order valence-corrected chi connectivity index (χ4v) is 2.16. The fraction of sp³-hybridized carbons (Fsp3) is 0.133. The molecule has 1 aromatic carbocycles. The summed E-state index contributed by atoms with van der Waals surface area (Å²) < 4.78 is 7.33. The zero-order chi connectivity index (χ0) is 12.5. The quantitative estimate of drug-likeness (QED) is 0.684. The van der Waals surface area contributed by atoms with Crippen LogP contribution >= 0.6 is 0 Å². The van der Waals surface area contributed by atoms with Gasteiger partial charge in [-0.1, -0.05) is 6.07 Å². The van der Waals surface area contributed by atoms with Gasteiger partial charge in [-0.3, -0.25) is 4.40 Å². The van der Waals surface area contributed by atoms with Gasteiger partial charge in [0.15, 0.2) is 0 Å². The molecule has 18 heavy (non-hydrogen) atoms. The van der Waals surface area contributed by atoms with E-state index in [2.05, 4.69) is 28.4 Å². The topological polar surface area (TPSA) is 26.5 Å². The highest BCUT2D eigenvalue weighted by Gasteiger charge is 2.07. The summed E-state index contributed by atoms with van der Waals surface area (Å²) >= 11 is 0. The largest absolute Gasteiger partial charge is 0.497 e. The Labute approximate surface area is 106 Å². The van der Waals surface area contributed by atoms with Crippen LogP contribution in [0, 0.1) is 6.92 Å². The van der Waals surface area contributed by atoms with Crippen molar-refractivity contribution in [1.29, 1.82) is 0 Å². The fourth-order valence-electron chi connectivity index (χ4n) is 2.16. The van der Waals surface area contributed by atoms with Gasteiger partial charge in [-0.2, -0.15) is 0 Å². The summed E-state index contributed by atoms with van der Waals surface area (Å²) in [6.07, 6.45) is 1.90. The maximum atomic E-state index is 5.17. The number of ether oxygens (including phenoxy) is 1. The molecule has 0 aliphatic heterocycles. The van der Waals surface area contributed by atoms with Crippen molar-refractivity contribution in [3.05, 3.63) is 54.4 Å². The lowest BCUT2D eigenvalue weighted by molar-refractivity contribution is 0.415. The number of nitrogens with zero attached hydrogens (tertiary/aromatic N) is 2. The lowest BCUT2D eigenvalue weighted by Gasteiger charge is -2.06. The van der Waals surface area contributed by atoms with E-state index in [-0.39, 0.29) is 0 Å². The minimum atomic E-state index is 0.858. The summed E-state index contributed by atoms with van der Waals surface area (Å²) in [6, 6.07) is 14.2. The highest BCUT2D eigenvalue weighted by atomic mass is 16.5. The van der Waals surface area contributed by atoms with E-state index in [1.807, 2.05) is 36.5 Å². The first-order valence-electron chi connectivity index (χ1n) is 5.87. The molecule has 2 heterocycles. The monoisotopic (exact) mass is 238 g/mol. The zero-order valence-electron chi connectivity index (χ0n) is 10.4. The lowest BCUT2D eigenvalue weighted by atomic mass is 10.2. The van der Waals surface area contributed by atoms with Gasteiger partial charge >= 0.3 is 0 Å². The molecular formula is C15H14N2O. The second-order valence-electron chi connectivity index (χ2n) is 4.24. The van der Waals surface area contributed by atoms with Gasteiger partial charge in [-0.25, -0.2) is 4.98 Å². The van der Waals surface area contributed by atoms with Gasteiger partial charge in [0.1, 0.15) is 11.6 Å². The van der Waals surface area contributed by atoms with Crippen LogP contribution in [0.15, 0.2) is 48.7 Å². The summed E-state index contributed by atoms with van der Waals surface area (Å²) in [7, 11) is 1.67. The number of rotatable bonds is 2. The van der Waals surface area contributed by atoms with Crippen LogP contribution in [0.3, 0.4) is 0 Å². The standard InChI is InChI=1S/C15H14N2O/c1-11-4-3-5-13-10-16-15(17(11)13)12-6-8-14(18-2)9-7-12/h3-10H,1-2H3. The maximum Gasteiger partial charge on any atom is 0.144 e. The highest BCUT2D eigenvalue weighted by Crippen LogP contribution is 2.23. The molecule has 3 aromatic rings. The minimum absolute atomic E-state index is 0.858. The number of fused-ring (bicyclic) bond motifs is 1. The molecule has 3 heteroatoms. The zero-order valence-corrected chi connectivity index (χ0v) is 10.4. The number of aromatic nitrogens is 2. The van der Waals surface area contributed by atoms with Crippen LogP contribution in [0.2, 0.25) is 0 Å². The smallest absolute Gasteiger partial charge is 0.144 e. The SMILES string of the molecule is COc1ccc(-c2ncc3cccc(C)n23)cc1. The van der Waals surface area contributed by atoms with Gasteiger partial charge in [-0.05, 0) is 43.3 Å². The molecule has 0 aliphatic rings. The summed E-state index contributed by atoms with van der Waals surface area (Å²) in [5.74, 6) is 1.82. The summed E-state index contributed by atoms with van der Waals surface area (Å²) in [6.45, 7) is 2.09. The van der Waals surface area contributed by atoms with Crippen LogP contribution in [-0.2, 0) is 0 Å². The molecule has 3 nitrogen and oxygen atoms in total. The van der Waals surface area contributed by atoms with E-state index in [1.165, 1.54) is 5.69 Å². The van der Waals surface area contributed by atoms with Crippen molar-refractivity contribution in [2.75, 3.05) is 7.11 Å². The Bertz CT molecular complexity index is 683. The van der Waals surface area contributed by atoms with E-state index in [0.717, 1.165) is 22.7 Å². The van der Waals surface area contributed by atoms with Crippen molar-refractivity contribution in [3.63, 3.8) is 0 Å². The molecule has 0 aliphatic carbocycles. The maximum absolute atomic E-state index is 5.17. The predicted octanol–water partition coefficient (Wildman–Crippen LogP) is 3.32. The van der Waals surface area contributed by atoms with Crippen molar-refractivity contribution < 1.29 is 4.74 Å². The second-order valence-corrected chi connectivity index (χ2v) is 4.24. The Hall–Kier alpha value is -2.29. The van der Waals surface area contributed by atoms with Crippen LogP contribution in [0.4, 0.5) is 0 Å². The Kier molecular flexibility index (Phi) is 2.52. The van der Waals surface area contributed by atoms with E-state index in [0.29, 0.717) is 0 Å². The van der Waals surface area contributed by atoms with Gasteiger partial charge in [0.05, 0.1) is 18.8 Å². The number of methoxy groups -OCH3 is 1. The van der Waals surface area contributed by atoms with Crippen LogP contribution in [0.25, 0.3) is 16.9 Å². The Morgan fingerprint density at radius 2 is 1.83 bits per heavy atom. The van der Waals surface area contributed by atoms with Crippen molar-refractivity contribution in [2.24, 2.45) is 0 Å². The van der Waals surface area contributed by atoms with Crippen LogP contribution < -0.4 is 4.74 Å². The Morgan fingerprint density at radius 1 is 1.06 bits per heavy atom. The summed E-state index contributed by atoms with van der Waals surface area (Å²) in [5, 5.41) is 0. The third kappa shape index (κ3) is 1.64. The molecule has 0 atom stereocenters. The number of benzene rings is 1. The van der Waals surface area contributed by atoms with E-state index < -0.39 is 0 Å². The van der Waals surface area contributed by atoms with Gasteiger partial charge in [0, 0.05) is 11.3 Å². The van der Waals surface area contributed by atoms with Gasteiger partial charge in [-0.15, -0.1) is 0 Å². The lowest BCUT2D eigenvalue weighted by Crippen LogP contribution is -1.93. The molecule has 0 amide bonds. The molecule has 2 aromatic heterocycles. The minimum Gasteiger partial charge on any atom is -0.497 e. The molecule has 0 unspecified atom stereocenters. The van der Waals surface area contributed by atoms with E-state index in [1.54, 1.807) is 7.11 Å². The molecule has 0 N–H and O–H groups in total. The van der Waals surface area contributed by atoms with Gasteiger partial charge in [0.25, 0.3) is 0 Å². The molecule has 3 rings (SSSR count). The van der Waals surface area contributed by atoms with Crippen molar-refractivity contribution >= 4 is 5.52 Å². The summed E-state index contributed by atoms with van der Waals surface area (Å²) in [4.78, 5) is 4.50. The van der Waals surface area contributed by atoms with E-state index in [9.17, 15) is 0 Å². The number of hydrogen-bond acceptors (Lipinski definition) is 2. The van der Waals surface area contributed by atoms with Crippen molar-refractivity contribution in [1.82, 2.24) is 9.38 Å². The molecule has 0 saturated carbocycles. The first kappa shape index (κ1) is 10.8. The molecule has 0 saturated heterocycles. The second kappa shape index (κ2) is 4.18. The third-order valence-corrected chi connectivity index (χ3v) is 3.09. The highest BCUT2D eigenvalue weighted by molar-refractivity contribution is 5.63. The van der Waals surface area contributed by atoms with Crippen LogP contribution in [0.5, 0.6) is 5.75 Å². The number of pyridine rings is 1. The normalized spacial score (nSPS) is 10.8. The number of hydrogen-bond donors (Lipinski definition) is 0. The molecular weight excluding hydrogens is 224 g/mol. The average Bonchev–Trinajstić information content (AvgIpc) is 2.84. The van der Waals surface area contributed by atoms with E-state index in [4.69, 9.17) is 4.74 Å². The van der Waals surface area contributed by atoms with Gasteiger partial charge in [0.2, 0.25) is 0 Å². The molecule has 90 valence electrons. The number of aryl methyl sites for hydroxylation is 1. The van der Waals surface area contributed by atoms with Gasteiger partial charge < -0.3 is 4.74 Å². The Balaban J connectivity index is 2.18. The van der Waals surface area contributed by atoms with Crippen molar-refractivity contribution in [2.45, 2.75) is 6.92 Å². The molecule has 0 radical (unpaired) electrons. The molecule has 0 bridgehead atoms. The first-order valence-corrected chi connectivity index (χ1v) is 5.87.